The number of nitrogens with zero attached hydrogens (tertiary/aromatic N) is 3. The highest BCUT2D eigenvalue weighted by molar-refractivity contribution is 6.31. The molecule has 1 aliphatic rings. The van der Waals surface area contributed by atoms with E-state index in [1.54, 1.807) is 0 Å². The lowest BCUT2D eigenvalue weighted by Crippen LogP contribution is -2.18. The molecule has 0 radical (unpaired) electrons. The summed E-state index contributed by atoms with van der Waals surface area (Å²) in [7, 11) is 3.63. The average molecular weight is 228 g/mol. The third kappa shape index (κ3) is 2.06. The molecule has 2 rings (SSSR count). The van der Waals surface area contributed by atoms with Crippen molar-refractivity contribution in [1.82, 2.24) is 15.1 Å². The molecule has 15 heavy (non-hydrogen) atoms. The Hall–Kier alpha value is -0.870. The molecule has 5 heteroatoms. The molecule has 1 aromatic heterocycles. The van der Waals surface area contributed by atoms with E-state index in [0.29, 0.717) is 16.9 Å². The Morgan fingerprint density at radius 2 is 2.33 bits per heavy atom. The molecular weight excluding hydrogens is 214 g/mol. The Morgan fingerprint density at radius 1 is 1.53 bits per heavy atom. The second-order valence-corrected chi connectivity index (χ2v) is 4.17. The molecule has 2 heterocycles. The summed E-state index contributed by atoms with van der Waals surface area (Å²) >= 11 is 6.01. The zero-order valence-electron chi connectivity index (χ0n) is 8.90. The van der Waals surface area contributed by atoms with Crippen LogP contribution in [0.2, 0.25) is 5.02 Å². The predicted octanol–water partition coefficient (Wildman–Crippen LogP) is 1.91. The van der Waals surface area contributed by atoms with Crippen molar-refractivity contribution in [2.45, 2.75) is 18.9 Å². The average Bonchev–Trinajstić information content (AvgIpc) is 2.64. The van der Waals surface area contributed by atoms with Crippen molar-refractivity contribution in [3.8, 4) is 5.88 Å². The molecule has 0 bridgehead atoms. The second kappa shape index (κ2) is 4.33. The van der Waals surface area contributed by atoms with E-state index in [-0.39, 0.29) is 0 Å². The normalized spacial score (nSPS) is 21.9. The van der Waals surface area contributed by atoms with Gasteiger partial charge in [0.1, 0.15) is 5.02 Å². The van der Waals surface area contributed by atoms with Crippen molar-refractivity contribution in [1.29, 1.82) is 0 Å². The van der Waals surface area contributed by atoms with E-state index in [4.69, 9.17) is 16.3 Å². The third-order valence-corrected chi connectivity index (χ3v) is 3.06. The van der Waals surface area contributed by atoms with Crippen LogP contribution in [0.25, 0.3) is 0 Å². The van der Waals surface area contributed by atoms with E-state index in [1.807, 2.05) is 6.07 Å². The van der Waals surface area contributed by atoms with E-state index in [2.05, 4.69) is 22.1 Å². The van der Waals surface area contributed by atoms with Gasteiger partial charge < -0.3 is 4.74 Å². The molecule has 0 aliphatic carbocycles. The standard InChI is InChI=1S/C10H14ClN3O/c1-14-5-3-4-9(14)8-6-7(11)10(15-2)13-12-8/h6,9H,3-5H2,1-2H3. The van der Waals surface area contributed by atoms with Crippen LogP contribution in [0.3, 0.4) is 0 Å². The molecule has 0 amide bonds. The first-order chi connectivity index (χ1) is 7.22. The van der Waals surface area contributed by atoms with Crippen molar-refractivity contribution in [3.63, 3.8) is 0 Å². The molecule has 82 valence electrons. The Labute approximate surface area is 94.2 Å². The summed E-state index contributed by atoms with van der Waals surface area (Å²) in [6.07, 6.45) is 2.32. The Kier molecular flexibility index (Phi) is 3.07. The number of hydrogen-bond acceptors (Lipinski definition) is 4. The van der Waals surface area contributed by atoms with E-state index in [0.717, 1.165) is 18.7 Å². The second-order valence-electron chi connectivity index (χ2n) is 3.77. The monoisotopic (exact) mass is 227 g/mol. The van der Waals surface area contributed by atoms with Crippen molar-refractivity contribution in [2.75, 3.05) is 20.7 Å². The van der Waals surface area contributed by atoms with Crippen molar-refractivity contribution >= 4 is 11.6 Å². The molecule has 1 unspecified atom stereocenters. The molecule has 1 aromatic rings. The van der Waals surface area contributed by atoms with Crippen molar-refractivity contribution in [3.05, 3.63) is 16.8 Å². The molecule has 1 saturated heterocycles. The SMILES string of the molecule is COc1nnc(C2CCCN2C)cc1Cl. The lowest BCUT2D eigenvalue weighted by molar-refractivity contribution is 0.308. The highest BCUT2D eigenvalue weighted by atomic mass is 35.5. The number of likely N-dealkylation sites (tertiary alicyclic amines) is 1. The first-order valence-corrected chi connectivity index (χ1v) is 5.37. The summed E-state index contributed by atoms with van der Waals surface area (Å²) in [6, 6.07) is 2.20. The maximum Gasteiger partial charge on any atom is 0.252 e. The largest absolute Gasteiger partial charge is 0.479 e. The predicted molar refractivity (Wildman–Crippen MR) is 58.2 cm³/mol. The van der Waals surface area contributed by atoms with Gasteiger partial charge in [-0.1, -0.05) is 11.6 Å². The molecule has 1 aliphatic heterocycles. The van der Waals surface area contributed by atoms with Crippen LogP contribution in [0.4, 0.5) is 0 Å². The summed E-state index contributed by atoms with van der Waals surface area (Å²) < 4.78 is 4.97. The van der Waals surface area contributed by atoms with Gasteiger partial charge in [-0.05, 0) is 32.5 Å². The van der Waals surface area contributed by atoms with Crippen LogP contribution < -0.4 is 4.74 Å². The summed E-state index contributed by atoms with van der Waals surface area (Å²) in [4.78, 5) is 2.27. The Morgan fingerprint density at radius 3 is 2.87 bits per heavy atom. The van der Waals surface area contributed by atoms with Gasteiger partial charge in [0.2, 0.25) is 0 Å². The van der Waals surface area contributed by atoms with Crippen LogP contribution in [0.15, 0.2) is 6.07 Å². The Bertz CT molecular complexity index is 359. The fourth-order valence-corrected chi connectivity index (χ4v) is 2.18. The minimum atomic E-state index is 0.348. The lowest BCUT2D eigenvalue weighted by Gasteiger charge is -2.18. The molecule has 1 fully saturated rings. The van der Waals surface area contributed by atoms with Crippen LogP contribution in [0.1, 0.15) is 24.6 Å². The minimum absolute atomic E-state index is 0.348. The van der Waals surface area contributed by atoms with Gasteiger partial charge in [0.05, 0.1) is 18.8 Å². The number of aromatic nitrogens is 2. The molecule has 1 atom stereocenters. The molecule has 0 N–H and O–H groups in total. The smallest absolute Gasteiger partial charge is 0.252 e. The van der Waals surface area contributed by atoms with Gasteiger partial charge in [0.15, 0.2) is 0 Å². The van der Waals surface area contributed by atoms with Crippen molar-refractivity contribution < 1.29 is 4.74 Å². The zero-order valence-corrected chi connectivity index (χ0v) is 9.66. The fraction of sp³-hybridized carbons (Fsp3) is 0.600. The van der Waals surface area contributed by atoms with E-state index in [1.165, 1.54) is 13.5 Å². The van der Waals surface area contributed by atoms with E-state index < -0.39 is 0 Å². The van der Waals surface area contributed by atoms with Gasteiger partial charge in [-0.15, -0.1) is 5.10 Å². The summed E-state index contributed by atoms with van der Waals surface area (Å²) in [5.74, 6) is 0.390. The van der Waals surface area contributed by atoms with Gasteiger partial charge in [0, 0.05) is 0 Å². The van der Waals surface area contributed by atoms with Crippen LogP contribution in [0, 0.1) is 0 Å². The number of ether oxygens (including phenoxy) is 1. The maximum absolute atomic E-state index is 6.01. The summed E-state index contributed by atoms with van der Waals surface area (Å²) in [5, 5.41) is 8.62. The topological polar surface area (TPSA) is 38.3 Å². The van der Waals surface area contributed by atoms with Gasteiger partial charge in [-0.25, -0.2) is 0 Å². The van der Waals surface area contributed by atoms with E-state index >= 15 is 0 Å². The third-order valence-electron chi connectivity index (χ3n) is 2.79. The highest BCUT2D eigenvalue weighted by Gasteiger charge is 2.24. The van der Waals surface area contributed by atoms with Gasteiger partial charge in [0.25, 0.3) is 5.88 Å². The summed E-state index contributed by atoms with van der Waals surface area (Å²) in [5.41, 5.74) is 0.931. The maximum atomic E-state index is 6.01. The lowest BCUT2D eigenvalue weighted by atomic mass is 10.1. The fourth-order valence-electron chi connectivity index (χ4n) is 1.96. The highest BCUT2D eigenvalue weighted by Crippen LogP contribution is 2.31. The molecule has 0 spiro atoms. The molecule has 0 aromatic carbocycles. The quantitative estimate of drug-likeness (QED) is 0.774. The van der Waals surface area contributed by atoms with Crippen molar-refractivity contribution in [2.24, 2.45) is 0 Å². The molecule has 0 saturated carbocycles. The van der Waals surface area contributed by atoms with E-state index in [9.17, 15) is 0 Å². The van der Waals surface area contributed by atoms with Crippen LogP contribution in [-0.2, 0) is 0 Å². The minimum Gasteiger partial charge on any atom is -0.479 e. The Balaban J connectivity index is 2.25. The summed E-state index contributed by atoms with van der Waals surface area (Å²) in [6.45, 7) is 1.11. The number of halogens is 1. The van der Waals surface area contributed by atoms with Gasteiger partial charge >= 0.3 is 0 Å². The van der Waals surface area contributed by atoms with Gasteiger partial charge in [-0.3, -0.25) is 4.90 Å². The zero-order chi connectivity index (χ0) is 10.8. The van der Waals surface area contributed by atoms with Crippen LogP contribution in [0.5, 0.6) is 5.88 Å². The number of methoxy groups -OCH3 is 1. The van der Waals surface area contributed by atoms with Gasteiger partial charge in [-0.2, -0.15) is 5.10 Å². The number of hydrogen-bond donors (Lipinski definition) is 0. The molecule has 4 nitrogen and oxygen atoms in total. The van der Waals surface area contributed by atoms with Crippen LogP contribution >= 0.6 is 11.6 Å². The van der Waals surface area contributed by atoms with Crippen LogP contribution in [-0.4, -0.2) is 35.8 Å². The first kappa shape index (κ1) is 10.6. The first-order valence-electron chi connectivity index (χ1n) is 4.99. The number of rotatable bonds is 2. The molecular formula is C10H14ClN3O.